The first-order chi connectivity index (χ1) is 5.91. The van der Waals surface area contributed by atoms with Gasteiger partial charge in [0.15, 0.2) is 16.0 Å². The Kier molecular flexibility index (Phi) is 3.29. The highest BCUT2D eigenvalue weighted by Crippen LogP contribution is 2.24. The van der Waals surface area contributed by atoms with Crippen molar-refractivity contribution in [3.63, 3.8) is 0 Å². The summed E-state index contributed by atoms with van der Waals surface area (Å²) in [6.07, 6.45) is -1.35. The maximum Gasteiger partial charge on any atom is 0.255 e. The minimum Gasteiger partial charge on any atom is -0.278 e. The van der Waals surface area contributed by atoms with E-state index in [-0.39, 0.29) is 23.8 Å². The van der Waals surface area contributed by atoms with Crippen molar-refractivity contribution in [1.82, 2.24) is 0 Å². The number of carbonyl (C=O) groups excluding carboxylic acids is 1. The van der Waals surface area contributed by atoms with Crippen LogP contribution in [0.15, 0.2) is 0 Å². The summed E-state index contributed by atoms with van der Waals surface area (Å²) in [5.41, 5.74) is 0. The molecule has 0 radical (unpaired) electrons. The fourth-order valence-electron chi connectivity index (χ4n) is 1.44. The van der Waals surface area contributed by atoms with Crippen LogP contribution >= 0.6 is 11.6 Å². The molecule has 6 heteroatoms. The maximum absolute atomic E-state index is 12.8. The van der Waals surface area contributed by atoms with Crippen molar-refractivity contribution in [2.75, 3.05) is 11.5 Å². The summed E-state index contributed by atoms with van der Waals surface area (Å²) in [4.78, 5) is 10.3. The van der Waals surface area contributed by atoms with Crippen LogP contribution in [0.1, 0.15) is 12.8 Å². The van der Waals surface area contributed by atoms with Crippen LogP contribution < -0.4 is 0 Å². The lowest BCUT2D eigenvalue weighted by Gasteiger charge is -2.07. The standard InChI is InChI=1S/C7H10ClFO3S/c8-7(10)6(9)3-5-1-2-13(11,12)4-5/h5-6H,1-4H2. The van der Waals surface area contributed by atoms with Crippen LogP contribution in [0.25, 0.3) is 0 Å². The first-order valence-electron chi connectivity index (χ1n) is 3.94. The zero-order chi connectivity index (χ0) is 10.1. The average Bonchev–Trinajstić information content (AvgIpc) is 2.30. The minimum atomic E-state index is -2.99. The minimum absolute atomic E-state index is 0.0163. The molecule has 76 valence electrons. The fourth-order valence-corrected chi connectivity index (χ4v) is 3.41. The van der Waals surface area contributed by atoms with Crippen molar-refractivity contribution in [2.24, 2.45) is 5.92 Å². The number of rotatable bonds is 3. The number of sulfone groups is 1. The Morgan fingerprint density at radius 1 is 1.62 bits per heavy atom. The van der Waals surface area contributed by atoms with Gasteiger partial charge in [0.05, 0.1) is 11.5 Å². The molecule has 1 heterocycles. The molecule has 1 aliphatic heterocycles. The summed E-state index contributed by atoms with van der Waals surface area (Å²) in [6.45, 7) is 0. The van der Waals surface area contributed by atoms with Crippen molar-refractivity contribution >= 4 is 26.7 Å². The molecular formula is C7H10ClFO3S. The van der Waals surface area contributed by atoms with Crippen LogP contribution in [-0.4, -0.2) is 31.3 Å². The Bertz CT molecular complexity index is 301. The van der Waals surface area contributed by atoms with Crippen LogP contribution in [0, 0.1) is 5.92 Å². The monoisotopic (exact) mass is 228 g/mol. The smallest absolute Gasteiger partial charge is 0.255 e. The van der Waals surface area contributed by atoms with E-state index in [0.717, 1.165) is 0 Å². The highest BCUT2D eigenvalue weighted by molar-refractivity contribution is 7.91. The van der Waals surface area contributed by atoms with Crippen LogP contribution in [0.2, 0.25) is 0 Å². The van der Waals surface area contributed by atoms with Gasteiger partial charge in [0, 0.05) is 0 Å². The normalized spacial score (nSPS) is 28.6. The number of carbonyl (C=O) groups is 1. The highest BCUT2D eigenvalue weighted by Gasteiger charge is 2.31. The maximum atomic E-state index is 12.8. The van der Waals surface area contributed by atoms with Crippen LogP contribution in [-0.2, 0) is 14.6 Å². The van der Waals surface area contributed by atoms with E-state index < -0.39 is 21.3 Å². The SMILES string of the molecule is O=C(Cl)C(F)CC1CCS(=O)(=O)C1. The molecule has 0 amide bonds. The van der Waals surface area contributed by atoms with Crippen molar-refractivity contribution in [3.8, 4) is 0 Å². The lowest BCUT2D eigenvalue weighted by atomic mass is 10.0. The quantitative estimate of drug-likeness (QED) is 0.675. The molecule has 2 unspecified atom stereocenters. The summed E-state index contributed by atoms with van der Waals surface area (Å²) in [7, 11) is -2.99. The van der Waals surface area contributed by atoms with Crippen molar-refractivity contribution < 1.29 is 17.6 Å². The zero-order valence-corrected chi connectivity index (χ0v) is 8.44. The topological polar surface area (TPSA) is 51.2 Å². The van der Waals surface area contributed by atoms with Gasteiger partial charge in [-0.1, -0.05) is 0 Å². The fraction of sp³-hybridized carbons (Fsp3) is 0.857. The van der Waals surface area contributed by atoms with E-state index in [0.29, 0.717) is 6.42 Å². The Balaban J connectivity index is 2.45. The average molecular weight is 229 g/mol. The molecule has 1 saturated heterocycles. The summed E-state index contributed by atoms with van der Waals surface area (Å²) < 4.78 is 34.7. The highest BCUT2D eigenvalue weighted by atomic mass is 35.5. The summed E-state index contributed by atoms with van der Waals surface area (Å²) in [5.74, 6) is -0.166. The molecular weight excluding hydrogens is 219 g/mol. The third-order valence-corrected chi connectivity index (χ3v) is 4.19. The van der Waals surface area contributed by atoms with Crippen molar-refractivity contribution in [2.45, 2.75) is 19.0 Å². The van der Waals surface area contributed by atoms with Gasteiger partial charge in [0.1, 0.15) is 0 Å². The second kappa shape index (κ2) is 3.92. The van der Waals surface area contributed by atoms with E-state index in [1.54, 1.807) is 0 Å². The second-order valence-electron chi connectivity index (χ2n) is 3.28. The van der Waals surface area contributed by atoms with Gasteiger partial charge in [0.2, 0.25) is 0 Å². The molecule has 1 rings (SSSR count). The summed E-state index contributed by atoms with van der Waals surface area (Å²) in [5, 5.41) is -1.04. The number of hydrogen-bond donors (Lipinski definition) is 0. The van der Waals surface area contributed by atoms with E-state index in [2.05, 4.69) is 0 Å². The third-order valence-electron chi connectivity index (χ3n) is 2.11. The predicted molar refractivity (Wildman–Crippen MR) is 47.1 cm³/mol. The molecule has 3 nitrogen and oxygen atoms in total. The molecule has 0 bridgehead atoms. The van der Waals surface area contributed by atoms with Crippen LogP contribution in [0.5, 0.6) is 0 Å². The Labute approximate surface area is 81.2 Å². The third kappa shape index (κ3) is 3.23. The van der Waals surface area contributed by atoms with Gasteiger partial charge in [-0.3, -0.25) is 4.79 Å². The molecule has 1 aliphatic rings. The van der Waals surface area contributed by atoms with E-state index in [9.17, 15) is 17.6 Å². The lowest BCUT2D eigenvalue weighted by Crippen LogP contribution is -2.16. The molecule has 0 saturated carbocycles. The molecule has 1 fully saturated rings. The van der Waals surface area contributed by atoms with Crippen LogP contribution in [0.3, 0.4) is 0 Å². The Morgan fingerprint density at radius 3 is 2.62 bits per heavy atom. The van der Waals surface area contributed by atoms with Crippen molar-refractivity contribution in [1.29, 1.82) is 0 Å². The zero-order valence-electron chi connectivity index (χ0n) is 6.87. The molecule has 13 heavy (non-hydrogen) atoms. The van der Waals surface area contributed by atoms with E-state index in [4.69, 9.17) is 11.6 Å². The molecule has 2 atom stereocenters. The molecule has 0 aromatic carbocycles. The second-order valence-corrected chi connectivity index (χ2v) is 5.88. The van der Waals surface area contributed by atoms with E-state index in [1.165, 1.54) is 0 Å². The van der Waals surface area contributed by atoms with E-state index >= 15 is 0 Å². The lowest BCUT2D eigenvalue weighted by molar-refractivity contribution is -0.116. The largest absolute Gasteiger partial charge is 0.278 e. The molecule has 0 aromatic rings. The van der Waals surface area contributed by atoms with E-state index in [1.807, 2.05) is 0 Å². The van der Waals surface area contributed by atoms with Gasteiger partial charge >= 0.3 is 0 Å². The first kappa shape index (κ1) is 10.9. The van der Waals surface area contributed by atoms with Gasteiger partial charge in [-0.05, 0) is 30.4 Å². The van der Waals surface area contributed by atoms with Crippen LogP contribution in [0.4, 0.5) is 4.39 Å². The molecule has 0 aromatic heterocycles. The predicted octanol–water partition coefficient (Wildman–Crippen LogP) is 0.915. The van der Waals surface area contributed by atoms with Gasteiger partial charge < -0.3 is 0 Å². The van der Waals surface area contributed by atoms with Gasteiger partial charge in [-0.15, -0.1) is 0 Å². The summed E-state index contributed by atoms with van der Waals surface area (Å²) >= 11 is 4.91. The van der Waals surface area contributed by atoms with Gasteiger partial charge in [-0.2, -0.15) is 0 Å². The summed E-state index contributed by atoms with van der Waals surface area (Å²) in [6, 6.07) is 0. The van der Waals surface area contributed by atoms with Gasteiger partial charge in [0.25, 0.3) is 5.24 Å². The van der Waals surface area contributed by atoms with Crippen molar-refractivity contribution in [3.05, 3.63) is 0 Å². The Morgan fingerprint density at radius 2 is 2.23 bits per heavy atom. The number of halogens is 2. The Hall–Kier alpha value is -0.160. The molecule has 0 N–H and O–H groups in total. The molecule has 0 spiro atoms. The molecule has 0 aliphatic carbocycles. The van der Waals surface area contributed by atoms with Gasteiger partial charge in [-0.25, -0.2) is 12.8 Å². The first-order valence-corrected chi connectivity index (χ1v) is 6.14. The number of alkyl halides is 1. The number of hydrogen-bond acceptors (Lipinski definition) is 3.